The maximum Gasteiger partial charge on any atom is 0.234 e. The van der Waals surface area contributed by atoms with E-state index in [4.69, 9.17) is 0 Å². The number of hydrogen-bond donors (Lipinski definition) is 1. The number of amides is 1. The van der Waals surface area contributed by atoms with E-state index in [0.717, 1.165) is 39.1 Å². The lowest BCUT2D eigenvalue weighted by Gasteiger charge is -2.34. The molecule has 3 rings (SSSR count). The summed E-state index contributed by atoms with van der Waals surface area (Å²) >= 11 is 0. The summed E-state index contributed by atoms with van der Waals surface area (Å²) in [5.74, 6) is 0.120. The van der Waals surface area contributed by atoms with Crippen molar-refractivity contribution in [2.24, 2.45) is 0 Å². The fourth-order valence-electron chi connectivity index (χ4n) is 3.69. The Morgan fingerprint density at radius 3 is 2.31 bits per heavy atom. The molecule has 1 atom stereocenters. The van der Waals surface area contributed by atoms with Crippen LogP contribution in [-0.2, 0) is 4.79 Å². The number of carbonyl (C=O) groups is 1. The van der Waals surface area contributed by atoms with E-state index in [2.05, 4.69) is 89.6 Å². The minimum Gasteiger partial charge on any atom is -0.348 e. The van der Waals surface area contributed by atoms with Crippen LogP contribution in [0.1, 0.15) is 36.1 Å². The van der Waals surface area contributed by atoms with Crippen molar-refractivity contribution in [2.75, 3.05) is 39.3 Å². The molecule has 0 radical (unpaired) electrons. The van der Waals surface area contributed by atoms with Gasteiger partial charge in [-0.2, -0.15) is 0 Å². The Bertz CT molecular complexity index is 777. The van der Waals surface area contributed by atoms with Crippen LogP contribution in [0.25, 0.3) is 6.08 Å². The molecule has 1 N–H and O–H groups in total. The summed E-state index contributed by atoms with van der Waals surface area (Å²) in [5.41, 5.74) is 3.66. The molecule has 0 bridgehead atoms. The van der Waals surface area contributed by atoms with Gasteiger partial charge in [-0.15, -0.1) is 0 Å². The van der Waals surface area contributed by atoms with Crippen molar-refractivity contribution in [3.63, 3.8) is 0 Å². The third-order valence-corrected chi connectivity index (χ3v) is 5.53. The van der Waals surface area contributed by atoms with Gasteiger partial charge in [-0.25, -0.2) is 0 Å². The molecule has 1 aliphatic heterocycles. The molecule has 1 amide bonds. The van der Waals surface area contributed by atoms with Crippen molar-refractivity contribution < 1.29 is 4.79 Å². The second-order valence-electron chi connectivity index (χ2n) is 7.83. The number of carbonyl (C=O) groups excluding carboxylic acids is 1. The summed E-state index contributed by atoms with van der Waals surface area (Å²) in [4.78, 5) is 17.3. The molecule has 29 heavy (non-hydrogen) atoms. The van der Waals surface area contributed by atoms with Crippen molar-refractivity contribution in [3.8, 4) is 0 Å². The van der Waals surface area contributed by atoms with E-state index >= 15 is 0 Å². The molecular weight excluding hydrogens is 358 g/mol. The van der Waals surface area contributed by atoms with Crippen molar-refractivity contribution in [1.29, 1.82) is 0 Å². The summed E-state index contributed by atoms with van der Waals surface area (Å²) in [6.45, 7) is 9.52. The average Bonchev–Trinajstić information content (AvgIpc) is 2.75. The highest BCUT2D eigenvalue weighted by molar-refractivity contribution is 5.78. The smallest absolute Gasteiger partial charge is 0.234 e. The van der Waals surface area contributed by atoms with E-state index in [0.29, 0.717) is 6.54 Å². The fraction of sp³-hybridized carbons (Fsp3) is 0.400. The van der Waals surface area contributed by atoms with Crippen molar-refractivity contribution in [3.05, 3.63) is 77.4 Å². The van der Waals surface area contributed by atoms with Crippen LogP contribution in [0.5, 0.6) is 0 Å². The predicted octanol–water partition coefficient (Wildman–Crippen LogP) is 3.89. The van der Waals surface area contributed by atoms with Gasteiger partial charge in [0.2, 0.25) is 5.91 Å². The number of hydrogen-bond acceptors (Lipinski definition) is 3. The Morgan fingerprint density at radius 1 is 1.00 bits per heavy atom. The number of piperazine rings is 1. The standard InChI is InChI=1S/C25H33N3O/c1-3-24(23-13-11-21(2)12-14-23)26-25(29)20-28-18-16-27(17-19-28)15-7-10-22-8-5-4-6-9-22/h4-14,24H,3,15-20H2,1-2H3,(H,26,29)/b10-7+/t24-/m1/s1. The van der Waals surface area contributed by atoms with Gasteiger partial charge in [-0.3, -0.25) is 14.6 Å². The van der Waals surface area contributed by atoms with Gasteiger partial charge in [-0.1, -0.05) is 79.2 Å². The molecule has 1 aliphatic rings. The van der Waals surface area contributed by atoms with Crippen molar-refractivity contribution in [2.45, 2.75) is 26.3 Å². The minimum atomic E-state index is 0.0903. The molecule has 1 heterocycles. The van der Waals surface area contributed by atoms with Crippen LogP contribution in [0.15, 0.2) is 60.7 Å². The lowest BCUT2D eigenvalue weighted by atomic mass is 10.0. The Labute approximate surface area is 175 Å². The maximum atomic E-state index is 12.6. The highest BCUT2D eigenvalue weighted by atomic mass is 16.2. The molecule has 0 unspecified atom stereocenters. The Morgan fingerprint density at radius 2 is 1.66 bits per heavy atom. The van der Waals surface area contributed by atoms with E-state index in [-0.39, 0.29) is 11.9 Å². The van der Waals surface area contributed by atoms with E-state index in [1.807, 2.05) is 6.07 Å². The summed E-state index contributed by atoms with van der Waals surface area (Å²) in [6, 6.07) is 18.9. The van der Waals surface area contributed by atoms with E-state index in [1.165, 1.54) is 16.7 Å². The highest BCUT2D eigenvalue weighted by Gasteiger charge is 2.20. The second kappa shape index (κ2) is 10.9. The predicted molar refractivity (Wildman–Crippen MR) is 121 cm³/mol. The summed E-state index contributed by atoms with van der Waals surface area (Å²) in [5, 5.41) is 3.21. The minimum absolute atomic E-state index is 0.0903. The number of aryl methyl sites for hydroxylation is 1. The fourth-order valence-corrected chi connectivity index (χ4v) is 3.69. The first-order valence-electron chi connectivity index (χ1n) is 10.7. The quantitative estimate of drug-likeness (QED) is 0.741. The van der Waals surface area contributed by atoms with Crippen LogP contribution >= 0.6 is 0 Å². The van der Waals surface area contributed by atoms with E-state index in [9.17, 15) is 4.79 Å². The van der Waals surface area contributed by atoms with Gasteiger partial charge in [0.05, 0.1) is 12.6 Å². The highest BCUT2D eigenvalue weighted by Crippen LogP contribution is 2.17. The summed E-state index contributed by atoms with van der Waals surface area (Å²) < 4.78 is 0. The van der Waals surface area contributed by atoms with Crippen LogP contribution in [0.2, 0.25) is 0 Å². The molecule has 4 nitrogen and oxygen atoms in total. The lowest BCUT2D eigenvalue weighted by Crippen LogP contribution is -2.49. The van der Waals surface area contributed by atoms with Crippen LogP contribution < -0.4 is 5.32 Å². The van der Waals surface area contributed by atoms with Gasteiger partial charge in [-0.05, 0) is 24.5 Å². The van der Waals surface area contributed by atoms with Crippen LogP contribution in [0.3, 0.4) is 0 Å². The number of benzene rings is 2. The molecular formula is C25H33N3O. The maximum absolute atomic E-state index is 12.6. The third kappa shape index (κ3) is 6.84. The first-order valence-corrected chi connectivity index (χ1v) is 10.7. The van der Waals surface area contributed by atoms with Gasteiger partial charge in [0.1, 0.15) is 0 Å². The first-order chi connectivity index (χ1) is 14.1. The van der Waals surface area contributed by atoms with Gasteiger partial charge in [0, 0.05) is 32.7 Å². The first kappa shape index (κ1) is 21.3. The molecule has 0 aromatic heterocycles. The van der Waals surface area contributed by atoms with Gasteiger partial charge in [0.15, 0.2) is 0 Å². The molecule has 0 aliphatic carbocycles. The van der Waals surface area contributed by atoms with Gasteiger partial charge >= 0.3 is 0 Å². The topological polar surface area (TPSA) is 35.6 Å². The average molecular weight is 392 g/mol. The van der Waals surface area contributed by atoms with E-state index < -0.39 is 0 Å². The normalized spacial score (nSPS) is 16.8. The van der Waals surface area contributed by atoms with Crippen molar-refractivity contribution >= 4 is 12.0 Å². The Hall–Kier alpha value is -2.43. The summed E-state index contributed by atoms with van der Waals surface area (Å²) in [7, 11) is 0. The molecule has 1 saturated heterocycles. The molecule has 1 fully saturated rings. The molecule has 0 spiro atoms. The number of nitrogens with one attached hydrogen (secondary N) is 1. The summed E-state index contributed by atoms with van der Waals surface area (Å²) in [6.07, 6.45) is 5.30. The number of rotatable bonds is 8. The zero-order valence-corrected chi connectivity index (χ0v) is 17.7. The number of nitrogens with zero attached hydrogens (tertiary/aromatic N) is 2. The van der Waals surface area contributed by atoms with Gasteiger partial charge in [0.25, 0.3) is 0 Å². The van der Waals surface area contributed by atoms with E-state index in [1.54, 1.807) is 0 Å². The van der Waals surface area contributed by atoms with Crippen LogP contribution in [-0.4, -0.2) is 55.0 Å². The second-order valence-corrected chi connectivity index (χ2v) is 7.83. The molecule has 2 aromatic carbocycles. The molecule has 4 heteroatoms. The lowest BCUT2D eigenvalue weighted by molar-refractivity contribution is -0.123. The van der Waals surface area contributed by atoms with Crippen molar-refractivity contribution in [1.82, 2.24) is 15.1 Å². The van der Waals surface area contributed by atoms with Crippen LogP contribution in [0, 0.1) is 6.92 Å². The molecule has 154 valence electrons. The zero-order valence-electron chi connectivity index (χ0n) is 17.7. The van der Waals surface area contributed by atoms with Crippen LogP contribution in [0.4, 0.5) is 0 Å². The Kier molecular flexibility index (Phi) is 8.03. The SMILES string of the molecule is CC[C@@H](NC(=O)CN1CCN(C/C=C/c2ccccc2)CC1)c1ccc(C)cc1. The monoisotopic (exact) mass is 391 g/mol. The third-order valence-electron chi connectivity index (χ3n) is 5.53. The molecule has 0 saturated carbocycles. The zero-order chi connectivity index (χ0) is 20.5. The van der Waals surface area contributed by atoms with Gasteiger partial charge < -0.3 is 5.32 Å². The largest absolute Gasteiger partial charge is 0.348 e. The molecule has 2 aromatic rings. The Balaban J connectivity index is 1.40.